The first kappa shape index (κ1) is 14.6. The number of aliphatic hydroxyl groups is 1. The highest BCUT2D eigenvalue weighted by Crippen LogP contribution is 2.20. The zero-order chi connectivity index (χ0) is 14.5. The van der Waals surface area contributed by atoms with Crippen LogP contribution in [0.2, 0.25) is 0 Å². The van der Waals surface area contributed by atoms with Crippen molar-refractivity contribution in [3.05, 3.63) is 45.5 Å². The van der Waals surface area contributed by atoms with E-state index in [1.54, 1.807) is 24.3 Å². The molecule has 6 heteroatoms. The van der Waals surface area contributed by atoms with Crippen molar-refractivity contribution < 1.29 is 14.3 Å². The van der Waals surface area contributed by atoms with Crippen LogP contribution in [0, 0.1) is 13.8 Å². The van der Waals surface area contributed by atoms with Gasteiger partial charge < -0.3 is 20.2 Å². The maximum atomic E-state index is 11.6. The lowest BCUT2D eigenvalue weighted by molar-refractivity contribution is 0.171. The molecule has 0 bridgehead atoms. The number of thiophene rings is 1. The maximum absolute atomic E-state index is 11.6. The van der Waals surface area contributed by atoms with E-state index in [2.05, 4.69) is 10.6 Å². The van der Waals surface area contributed by atoms with Crippen LogP contribution < -0.4 is 10.6 Å². The van der Waals surface area contributed by atoms with Gasteiger partial charge >= 0.3 is 6.03 Å². The van der Waals surface area contributed by atoms with Crippen molar-refractivity contribution in [3.8, 4) is 0 Å². The lowest BCUT2D eigenvalue weighted by Crippen LogP contribution is -2.37. The molecular formula is C14H18N2O3S. The molecule has 0 saturated carbocycles. The summed E-state index contributed by atoms with van der Waals surface area (Å²) in [6.07, 6.45) is -0.764. The number of rotatable bonds is 5. The summed E-state index contributed by atoms with van der Waals surface area (Å²) in [6.45, 7) is 4.26. The van der Waals surface area contributed by atoms with Gasteiger partial charge in [-0.3, -0.25) is 0 Å². The molecule has 2 rings (SSSR count). The summed E-state index contributed by atoms with van der Waals surface area (Å²) in [5.74, 6) is 1.43. The quantitative estimate of drug-likeness (QED) is 0.793. The SMILES string of the molecule is Cc1cc(C(O)CNC(=O)NCc2cccs2)c(C)o1. The van der Waals surface area contributed by atoms with Crippen LogP contribution in [-0.2, 0) is 6.54 Å². The van der Waals surface area contributed by atoms with Gasteiger partial charge in [-0.05, 0) is 31.4 Å². The second-order valence-corrected chi connectivity index (χ2v) is 5.56. The van der Waals surface area contributed by atoms with Crippen molar-refractivity contribution in [2.24, 2.45) is 0 Å². The fraction of sp³-hybridized carbons (Fsp3) is 0.357. The van der Waals surface area contributed by atoms with E-state index in [9.17, 15) is 9.90 Å². The van der Waals surface area contributed by atoms with Crippen LogP contribution in [0.4, 0.5) is 4.79 Å². The predicted octanol–water partition coefficient (Wildman–Crippen LogP) is 2.49. The van der Waals surface area contributed by atoms with Crippen LogP contribution in [0.25, 0.3) is 0 Å². The van der Waals surface area contributed by atoms with Gasteiger partial charge in [0.25, 0.3) is 0 Å². The Morgan fingerprint density at radius 2 is 2.25 bits per heavy atom. The van der Waals surface area contributed by atoms with Crippen molar-refractivity contribution in [2.45, 2.75) is 26.5 Å². The van der Waals surface area contributed by atoms with E-state index < -0.39 is 6.10 Å². The molecule has 20 heavy (non-hydrogen) atoms. The van der Waals surface area contributed by atoms with Crippen LogP contribution >= 0.6 is 11.3 Å². The summed E-state index contributed by atoms with van der Waals surface area (Å²) >= 11 is 1.59. The molecule has 2 aromatic rings. The molecule has 1 unspecified atom stereocenters. The zero-order valence-corrected chi connectivity index (χ0v) is 12.3. The lowest BCUT2D eigenvalue weighted by Gasteiger charge is -2.11. The van der Waals surface area contributed by atoms with Crippen molar-refractivity contribution >= 4 is 17.4 Å². The molecule has 1 atom stereocenters. The fourth-order valence-electron chi connectivity index (χ4n) is 1.92. The van der Waals surface area contributed by atoms with Gasteiger partial charge in [0.1, 0.15) is 11.5 Å². The van der Waals surface area contributed by atoms with Crippen LogP contribution in [0.15, 0.2) is 28.0 Å². The van der Waals surface area contributed by atoms with E-state index >= 15 is 0 Å². The minimum absolute atomic E-state index is 0.149. The van der Waals surface area contributed by atoms with E-state index in [0.717, 1.165) is 10.6 Å². The van der Waals surface area contributed by atoms with Gasteiger partial charge in [-0.25, -0.2) is 4.79 Å². The van der Waals surface area contributed by atoms with E-state index in [-0.39, 0.29) is 12.6 Å². The Hall–Kier alpha value is -1.79. The Morgan fingerprint density at radius 3 is 2.85 bits per heavy atom. The molecule has 108 valence electrons. The summed E-state index contributed by atoms with van der Waals surface area (Å²) in [6, 6.07) is 5.38. The predicted molar refractivity (Wildman–Crippen MR) is 77.7 cm³/mol. The van der Waals surface area contributed by atoms with E-state index in [1.165, 1.54) is 0 Å². The number of aliphatic hydroxyl groups excluding tert-OH is 1. The maximum Gasteiger partial charge on any atom is 0.315 e. The Morgan fingerprint density at radius 1 is 1.45 bits per heavy atom. The molecule has 2 heterocycles. The lowest BCUT2D eigenvalue weighted by atomic mass is 10.1. The molecule has 3 N–H and O–H groups in total. The van der Waals surface area contributed by atoms with Gasteiger partial charge in [0.2, 0.25) is 0 Å². The third-order valence-electron chi connectivity index (χ3n) is 2.90. The smallest absolute Gasteiger partial charge is 0.315 e. The standard InChI is InChI=1S/C14H18N2O3S/c1-9-6-12(10(2)19-9)13(17)8-16-14(18)15-7-11-4-3-5-20-11/h3-6,13,17H,7-8H2,1-2H3,(H2,15,16,18). The molecule has 0 spiro atoms. The van der Waals surface area contributed by atoms with Crippen LogP contribution in [0.5, 0.6) is 0 Å². The average Bonchev–Trinajstić information content (AvgIpc) is 3.03. The van der Waals surface area contributed by atoms with Gasteiger partial charge in [-0.2, -0.15) is 0 Å². The number of nitrogens with one attached hydrogen (secondary N) is 2. The molecule has 2 amide bonds. The minimum atomic E-state index is -0.764. The summed E-state index contributed by atoms with van der Waals surface area (Å²) in [7, 11) is 0. The number of furan rings is 1. The Bertz CT molecular complexity index is 563. The van der Waals surface area contributed by atoms with Crippen molar-refractivity contribution in [2.75, 3.05) is 6.54 Å². The van der Waals surface area contributed by atoms with Crippen LogP contribution in [-0.4, -0.2) is 17.7 Å². The van der Waals surface area contributed by atoms with Gasteiger partial charge in [-0.1, -0.05) is 6.07 Å². The first-order valence-corrected chi connectivity index (χ1v) is 7.23. The highest BCUT2D eigenvalue weighted by atomic mass is 32.1. The van der Waals surface area contributed by atoms with Gasteiger partial charge in [0.15, 0.2) is 0 Å². The molecule has 0 saturated heterocycles. The second-order valence-electron chi connectivity index (χ2n) is 4.53. The molecule has 5 nitrogen and oxygen atoms in total. The Kier molecular flexibility index (Phi) is 4.81. The van der Waals surface area contributed by atoms with Crippen molar-refractivity contribution in [1.82, 2.24) is 10.6 Å². The third-order valence-corrected chi connectivity index (χ3v) is 3.77. The van der Waals surface area contributed by atoms with Gasteiger partial charge in [-0.15, -0.1) is 11.3 Å². The molecule has 0 fully saturated rings. The van der Waals surface area contributed by atoms with E-state index in [4.69, 9.17) is 4.42 Å². The fourth-order valence-corrected chi connectivity index (χ4v) is 2.57. The summed E-state index contributed by atoms with van der Waals surface area (Å²) in [5, 5.41) is 17.4. The van der Waals surface area contributed by atoms with Crippen LogP contribution in [0.1, 0.15) is 28.1 Å². The summed E-state index contributed by atoms with van der Waals surface area (Å²) < 4.78 is 5.35. The zero-order valence-electron chi connectivity index (χ0n) is 11.5. The molecule has 0 aliphatic carbocycles. The van der Waals surface area contributed by atoms with Crippen molar-refractivity contribution in [1.29, 1.82) is 0 Å². The first-order valence-electron chi connectivity index (χ1n) is 6.35. The Labute approximate surface area is 121 Å². The van der Waals surface area contributed by atoms with Crippen LogP contribution in [0.3, 0.4) is 0 Å². The van der Waals surface area contributed by atoms with Gasteiger partial charge in [0, 0.05) is 17.0 Å². The normalized spacial score (nSPS) is 12.2. The molecule has 0 aliphatic rings. The largest absolute Gasteiger partial charge is 0.466 e. The highest BCUT2D eigenvalue weighted by Gasteiger charge is 2.15. The van der Waals surface area contributed by atoms with Gasteiger partial charge in [0.05, 0.1) is 12.6 Å². The molecular weight excluding hydrogens is 276 g/mol. The monoisotopic (exact) mass is 294 g/mol. The second kappa shape index (κ2) is 6.58. The minimum Gasteiger partial charge on any atom is -0.466 e. The molecule has 2 aromatic heterocycles. The molecule has 0 aliphatic heterocycles. The van der Waals surface area contributed by atoms with E-state index in [0.29, 0.717) is 17.9 Å². The third kappa shape index (κ3) is 3.85. The number of aryl methyl sites for hydroxylation is 2. The number of amides is 2. The summed E-state index contributed by atoms with van der Waals surface area (Å²) in [5.41, 5.74) is 0.709. The number of hydrogen-bond acceptors (Lipinski definition) is 4. The van der Waals surface area contributed by atoms with E-state index in [1.807, 2.05) is 24.4 Å². The number of carbonyl (C=O) groups is 1. The number of carbonyl (C=O) groups excluding carboxylic acids is 1. The molecule has 0 radical (unpaired) electrons. The summed E-state index contributed by atoms with van der Waals surface area (Å²) in [4.78, 5) is 12.7. The topological polar surface area (TPSA) is 74.5 Å². The Balaban J connectivity index is 1.76. The average molecular weight is 294 g/mol. The highest BCUT2D eigenvalue weighted by molar-refractivity contribution is 7.09. The molecule has 0 aromatic carbocycles. The first-order chi connectivity index (χ1) is 9.56. The number of hydrogen-bond donors (Lipinski definition) is 3. The van der Waals surface area contributed by atoms with Crippen molar-refractivity contribution in [3.63, 3.8) is 0 Å². The number of urea groups is 1.